The summed E-state index contributed by atoms with van der Waals surface area (Å²) in [6.07, 6.45) is 2.81. The Balaban J connectivity index is 1.11. The summed E-state index contributed by atoms with van der Waals surface area (Å²) in [7, 11) is 0. The number of rotatable bonds is 9. The average Bonchev–Trinajstić information content (AvgIpc) is 3.43. The van der Waals surface area contributed by atoms with E-state index >= 15 is 0 Å². The summed E-state index contributed by atoms with van der Waals surface area (Å²) in [5.74, 6) is 0.431. The number of allylic oxidation sites excluding steroid dienone is 1. The van der Waals surface area contributed by atoms with Gasteiger partial charge in [0.05, 0.1) is 11.5 Å². The van der Waals surface area contributed by atoms with Crippen LogP contribution in [0.25, 0.3) is 11.4 Å². The second-order valence-corrected chi connectivity index (χ2v) is 10.9. The highest BCUT2D eigenvalue weighted by Gasteiger charge is 2.44. The topological polar surface area (TPSA) is 111 Å². The van der Waals surface area contributed by atoms with Crippen LogP contribution in [-0.4, -0.2) is 95.7 Å². The van der Waals surface area contributed by atoms with Crippen LogP contribution in [0.5, 0.6) is 0 Å². The summed E-state index contributed by atoms with van der Waals surface area (Å²) in [4.78, 5) is 28.7. The molecule has 218 valence electrons. The van der Waals surface area contributed by atoms with Crippen LogP contribution in [0.2, 0.25) is 0 Å². The maximum absolute atomic E-state index is 13.2. The Morgan fingerprint density at radius 1 is 1.15 bits per heavy atom. The predicted octanol–water partition coefficient (Wildman–Crippen LogP) is 2.39. The third kappa shape index (κ3) is 6.47. The molecular formula is C30H37F2N7O2. The van der Waals surface area contributed by atoms with Gasteiger partial charge in [-0.2, -0.15) is 0 Å². The maximum atomic E-state index is 13.2. The van der Waals surface area contributed by atoms with Crippen molar-refractivity contribution in [2.24, 2.45) is 11.1 Å². The van der Waals surface area contributed by atoms with E-state index in [1.165, 1.54) is 6.08 Å². The zero-order chi connectivity index (χ0) is 29.0. The normalized spacial score (nSPS) is 23.4. The van der Waals surface area contributed by atoms with Crippen LogP contribution in [0.15, 0.2) is 78.4 Å². The van der Waals surface area contributed by atoms with E-state index < -0.39 is 17.9 Å². The van der Waals surface area contributed by atoms with Crippen molar-refractivity contribution >= 4 is 11.6 Å². The summed E-state index contributed by atoms with van der Waals surface area (Å²) in [6, 6.07) is 10.1. The minimum absolute atomic E-state index is 0.0363. The Kier molecular flexibility index (Phi) is 8.77. The van der Waals surface area contributed by atoms with E-state index in [4.69, 9.17) is 5.73 Å². The molecule has 2 aliphatic heterocycles. The number of alkyl halides is 2. The van der Waals surface area contributed by atoms with Gasteiger partial charge in [0.1, 0.15) is 0 Å². The van der Waals surface area contributed by atoms with Gasteiger partial charge in [0.15, 0.2) is 5.82 Å². The van der Waals surface area contributed by atoms with Crippen LogP contribution < -0.4 is 16.0 Å². The van der Waals surface area contributed by atoms with Crippen molar-refractivity contribution < 1.29 is 18.7 Å². The van der Waals surface area contributed by atoms with Crippen LogP contribution in [0.1, 0.15) is 12.8 Å². The highest BCUT2D eigenvalue weighted by Crippen LogP contribution is 2.32. The number of benzene rings is 1. The zero-order valence-corrected chi connectivity index (χ0v) is 23.1. The first-order valence-electron chi connectivity index (χ1n) is 13.9. The Bertz CT molecular complexity index is 1290. The molecule has 3 aliphatic rings. The Hall–Kier alpha value is -3.67. The van der Waals surface area contributed by atoms with Crippen molar-refractivity contribution in [2.45, 2.75) is 25.4 Å². The number of nitrogens with two attached hydrogens (primary N) is 1. The largest absolute Gasteiger partial charge is 0.388 e. The first kappa shape index (κ1) is 28.8. The number of hydrogen-bond acceptors (Lipinski definition) is 8. The monoisotopic (exact) mass is 565 g/mol. The lowest BCUT2D eigenvalue weighted by atomic mass is 9.86. The number of halogens is 2. The molecule has 2 unspecified atom stereocenters. The second kappa shape index (κ2) is 12.5. The Morgan fingerprint density at radius 3 is 2.51 bits per heavy atom. The fourth-order valence-corrected chi connectivity index (χ4v) is 5.71. The number of carbonyl (C=O) groups excluding carboxylic acids is 1. The molecule has 11 heteroatoms. The number of aliphatic hydroxyl groups excluding tert-OH is 1. The van der Waals surface area contributed by atoms with E-state index in [-0.39, 0.29) is 30.1 Å². The number of piperazine rings is 1. The first-order chi connectivity index (χ1) is 19.8. The van der Waals surface area contributed by atoms with Crippen molar-refractivity contribution in [2.75, 3.05) is 57.3 Å². The lowest BCUT2D eigenvalue weighted by Crippen LogP contribution is -2.49. The number of amides is 1. The molecule has 0 radical (unpaired) electrons. The molecule has 3 heterocycles. The van der Waals surface area contributed by atoms with Gasteiger partial charge in [0, 0.05) is 86.4 Å². The lowest BCUT2D eigenvalue weighted by Gasteiger charge is -2.39. The van der Waals surface area contributed by atoms with Gasteiger partial charge >= 0.3 is 0 Å². The van der Waals surface area contributed by atoms with Gasteiger partial charge in [-0.1, -0.05) is 12.7 Å². The lowest BCUT2D eigenvalue weighted by molar-refractivity contribution is -0.129. The van der Waals surface area contributed by atoms with Crippen molar-refractivity contribution in [3.8, 4) is 11.4 Å². The number of aromatic nitrogens is 2. The molecule has 1 aromatic heterocycles. The molecule has 0 bridgehead atoms. The number of anilines is 1. The van der Waals surface area contributed by atoms with Gasteiger partial charge in [-0.05, 0) is 55.8 Å². The van der Waals surface area contributed by atoms with Crippen LogP contribution in [0, 0.1) is 5.41 Å². The molecule has 4 N–H and O–H groups in total. The van der Waals surface area contributed by atoms with E-state index in [1.807, 2.05) is 12.1 Å². The molecule has 1 aliphatic carbocycles. The fraction of sp³-hybridized carbons (Fsp3) is 0.433. The molecule has 2 fully saturated rings. The minimum Gasteiger partial charge on any atom is -0.388 e. The highest BCUT2D eigenvalue weighted by atomic mass is 19.3. The van der Waals surface area contributed by atoms with Crippen LogP contribution in [-0.2, 0) is 4.79 Å². The second-order valence-electron chi connectivity index (χ2n) is 10.9. The molecule has 9 nitrogen and oxygen atoms in total. The molecule has 5 rings (SSSR count). The number of aliphatic hydroxyl groups is 1. The molecular weight excluding hydrogens is 528 g/mol. The van der Waals surface area contributed by atoms with Gasteiger partial charge in [0.2, 0.25) is 5.91 Å². The predicted molar refractivity (Wildman–Crippen MR) is 154 cm³/mol. The smallest absolute Gasteiger partial charge is 0.262 e. The van der Waals surface area contributed by atoms with E-state index in [1.54, 1.807) is 24.5 Å². The standard InChI is InChI=1S/C30H37F2N7O2/c1-21(38-13-15-39(16-14-38)24-6-3-22(4-7-24)28-34-10-2-11-35-28)18-37-12-9-30(19-33,20-37)29(41)36-23-5-8-26(40)25(17-23)27(31)32/h2-7,10-11,17,26-27,40H,1,8-9,12-16,18-20,33H2,(H,36,41). The van der Waals surface area contributed by atoms with Gasteiger partial charge < -0.3 is 26.0 Å². The van der Waals surface area contributed by atoms with Crippen LogP contribution in [0.3, 0.4) is 0 Å². The molecule has 1 aromatic carbocycles. The SMILES string of the molecule is C=C(CN1CCC(CN)(C(=O)NC2=CCC(O)C(C(F)F)=C2)C1)N1CCN(c2ccc(-c3ncccn3)cc2)CC1. The summed E-state index contributed by atoms with van der Waals surface area (Å²) >= 11 is 0. The van der Waals surface area contributed by atoms with Crippen molar-refractivity contribution in [3.05, 3.63) is 78.4 Å². The number of likely N-dealkylation sites (tertiary alicyclic amines) is 1. The third-order valence-corrected chi connectivity index (χ3v) is 8.27. The molecule has 41 heavy (non-hydrogen) atoms. The third-order valence-electron chi connectivity index (χ3n) is 8.27. The molecule has 1 amide bonds. The highest BCUT2D eigenvalue weighted by molar-refractivity contribution is 5.85. The molecule has 2 saturated heterocycles. The van der Waals surface area contributed by atoms with Crippen LogP contribution in [0.4, 0.5) is 14.5 Å². The molecule has 2 atom stereocenters. The summed E-state index contributed by atoms with van der Waals surface area (Å²) in [5, 5.41) is 12.6. The van der Waals surface area contributed by atoms with Crippen molar-refractivity contribution in [3.63, 3.8) is 0 Å². The van der Waals surface area contributed by atoms with E-state index in [0.29, 0.717) is 31.9 Å². The van der Waals surface area contributed by atoms with Gasteiger partial charge in [-0.3, -0.25) is 9.69 Å². The van der Waals surface area contributed by atoms with E-state index in [2.05, 4.69) is 48.7 Å². The number of hydrogen-bond donors (Lipinski definition) is 3. The first-order valence-corrected chi connectivity index (χ1v) is 13.9. The summed E-state index contributed by atoms with van der Waals surface area (Å²) < 4.78 is 26.4. The van der Waals surface area contributed by atoms with Crippen LogP contribution >= 0.6 is 0 Å². The van der Waals surface area contributed by atoms with Gasteiger partial charge in [0.25, 0.3) is 6.43 Å². The fourth-order valence-electron chi connectivity index (χ4n) is 5.71. The zero-order valence-electron chi connectivity index (χ0n) is 23.1. The average molecular weight is 566 g/mol. The number of nitrogens with one attached hydrogen (secondary N) is 1. The Labute approximate surface area is 239 Å². The van der Waals surface area contributed by atoms with Gasteiger partial charge in [-0.25, -0.2) is 18.7 Å². The summed E-state index contributed by atoms with van der Waals surface area (Å²) in [5.41, 5.74) is 8.33. The molecule has 0 spiro atoms. The molecule has 2 aromatic rings. The Morgan fingerprint density at radius 2 is 1.85 bits per heavy atom. The van der Waals surface area contributed by atoms with Crippen molar-refractivity contribution in [1.29, 1.82) is 0 Å². The quantitative estimate of drug-likeness (QED) is 0.425. The maximum Gasteiger partial charge on any atom is 0.262 e. The number of nitrogens with zero attached hydrogens (tertiary/aromatic N) is 5. The summed E-state index contributed by atoms with van der Waals surface area (Å²) in [6.45, 7) is 9.70. The number of carbonyl (C=O) groups is 1. The van der Waals surface area contributed by atoms with E-state index in [9.17, 15) is 18.7 Å². The minimum atomic E-state index is -2.78. The van der Waals surface area contributed by atoms with Gasteiger partial charge in [-0.15, -0.1) is 0 Å². The van der Waals surface area contributed by atoms with Crippen molar-refractivity contribution in [1.82, 2.24) is 25.1 Å². The molecule has 0 saturated carbocycles. The van der Waals surface area contributed by atoms with E-state index in [0.717, 1.165) is 43.1 Å².